The minimum atomic E-state index is -1.67. The number of aliphatic carboxylic acids is 1. The number of aromatic amines is 2. The van der Waals surface area contributed by atoms with Crippen molar-refractivity contribution in [2.24, 2.45) is 34.8 Å². The van der Waals surface area contributed by atoms with E-state index in [0.717, 1.165) is 0 Å². The minimum absolute atomic E-state index is 0.0123. The number of carbonyl (C=O) groups is 11. The van der Waals surface area contributed by atoms with Gasteiger partial charge in [0.2, 0.25) is 59.1 Å². The molecule has 0 spiro atoms. The summed E-state index contributed by atoms with van der Waals surface area (Å²) in [4.78, 5) is 165. The van der Waals surface area contributed by atoms with Gasteiger partial charge in [0, 0.05) is 49.5 Å². The molecule has 1 aromatic carbocycles. The van der Waals surface area contributed by atoms with Crippen LogP contribution in [0, 0.1) is 11.8 Å². The van der Waals surface area contributed by atoms with Crippen molar-refractivity contribution in [1.29, 1.82) is 0 Å². The van der Waals surface area contributed by atoms with Crippen LogP contribution in [0.4, 0.5) is 0 Å². The number of thioether (sulfide) groups is 1. The number of carboxylic acids is 1. The zero-order valence-electron chi connectivity index (χ0n) is 51.7. The molecular formula is C58H93N17O14S. The molecular weight excluding hydrogens is 1190 g/mol. The molecule has 0 fully saturated rings. The predicted molar refractivity (Wildman–Crippen MR) is 333 cm³/mol. The lowest BCUT2D eigenvalue weighted by molar-refractivity contribution is -0.143. The highest BCUT2D eigenvalue weighted by Crippen LogP contribution is 2.16. The van der Waals surface area contributed by atoms with Gasteiger partial charge >= 0.3 is 5.97 Å². The van der Waals surface area contributed by atoms with Gasteiger partial charge in [-0.15, -0.1) is 0 Å². The van der Waals surface area contributed by atoms with E-state index >= 15 is 0 Å². The molecule has 10 amide bonds. The fraction of sp³-hybridized carbons (Fsp3) is 0.603. The molecule has 0 aliphatic carbocycles. The number of nitrogens with two attached hydrogens (primary N) is 4. The number of amides is 10. The number of aromatic hydroxyl groups is 1. The second-order valence-electron chi connectivity index (χ2n) is 22.7. The van der Waals surface area contributed by atoms with Crippen molar-refractivity contribution < 1.29 is 68.1 Å². The lowest BCUT2D eigenvalue weighted by atomic mass is 9.99. The van der Waals surface area contributed by atoms with Crippen LogP contribution in [0.2, 0.25) is 0 Å². The maximum absolute atomic E-state index is 14.7. The smallest absolute Gasteiger partial charge is 0.326 e. The monoisotopic (exact) mass is 1280 g/mol. The Hall–Kier alpha value is -8.20. The van der Waals surface area contributed by atoms with Crippen LogP contribution in [-0.2, 0) is 72.0 Å². The average Bonchev–Trinajstić information content (AvgIpc) is 2.25. The number of benzene rings is 1. The van der Waals surface area contributed by atoms with Crippen LogP contribution in [0.25, 0.3) is 0 Å². The SMILES string of the molecule is CSCC[C@H](NC(=O)[C@H](CCC(N)=O)NC(=O)[C@H](CC(C)C)NC(=O)[C@H](Cc1cnc[nH]1)NC(=O)[C@H](Cc1ccc(O)cc1)NC(=O)[C@H](CC(C)C)NC(=O)[C@@H](N)CCCCN)C(=O)N[C@@H](Cc1cnc[nH]1)C(=O)N[C@@H](CO)C(=O)N[C@@H](CCCCN)C(=O)O. The van der Waals surface area contributed by atoms with Gasteiger partial charge in [-0.25, -0.2) is 14.8 Å². The molecule has 10 atom stereocenters. The zero-order chi connectivity index (χ0) is 66.9. The Bertz CT molecular complexity index is 2760. The quantitative estimate of drug-likeness (QED) is 0.0251. The van der Waals surface area contributed by atoms with Gasteiger partial charge in [-0.05, 0) is 112 Å². The predicted octanol–water partition coefficient (Wildman–Crippen LogP) is -3.00. The molecule has 0 aliphatic rings. The summed E-state index contributed by atoms with van der Waals surface area (Å²) in [7, 11) is 0. The molecule has 90 heavy (non-hydrogen) atoms. The number of phenolic OH excluding ortho intramolecular Hbond substituents is 1. The van der Waals surface area contributed by atoms with Crippen LogP contribution in [0.3, 0.4) is 0 Å². The number of unbranched alkanes of at least 4 members (excludes halogenated alkanes) is 2. The Labute approximate surface area is 527 Å². The Balaban J connectivity index is 1.95. The Morgan fingerprint density at radius 2 is 0.900 bits per heavy atom. The van der Waals surface area contributed by atoms with Gasteiger partial charge in [-0.3, -0.25) is 47.9 Å². The molecule has 0 saturated carbocycles. The van der Waals surface area contributed by atoms with Crippen molar-refractivity contribution in [3.63, 3.8) is 0 Å². The van der Waals surface area contributed by atoms with Crippen molar-refractivity contribution in [2.45, 2.75) is 178 Å². The number of aliphatic hydroxyl groups excluding tert-OH is 1. The van der Waals surface area contributed by atoms with Gasteiger partial charge < -0.3 is 96.1 Å². The molecule has 0 radical (unpaired) electrons. The summed E-state index contributed by atoms with van der Waals surface area (Å²) in [5.74, 6) is -10.3. The third-order valence-electron chi connectivity index (χ3n) is 14.2. The number of nitrogens with one attached hydrogen (secondary N) is 11. The summed E-state index contributed by atoms with van der Waals surface area (Å²) in [6, 6.07) is -8.11. The van der Waals surface area contributed by atoms with Crippen LogP contribution >= 0.6 is 11.8 Å². The van der Waals surface area contributed by atoms with Gasteiger partial charge in [-0.2, -0.15) is 11.8 Å². The first-order chi connectivity index (χ1) is 42.8. The van der Waals surface area contributed by atoms with E-state index < -0.39 is 145 Å². The Morgan fingerprint density at radius 3 is 1.32 bits per heavy atom. The third-order valence-corrected chi connectivity index (χ3v) is 14.8. The van der Waals surface area contributed by atoms with Gasteiger partial charge in [0.15, 0.2) is 0 Å². The van der Waals surface area contributed by atoms with E-state index in [1.807, 2.05) is 13.8 Å². The largest absolute Gasteiger partial charge is 0.508 e. The number of hydrogen-bond donors (Lipinski definition) is 18. The highest BCUT2D eigenvalue weighted by Gasteiger charge is 2.37. The summed E-state index contributed by atoms with van der Waals surface area (Å²) in [6.07, 6.45) is 8.12. The van der Waals surface area contributed by atoms with E-state index in [-0.39, 0.29) is 74.8 Å². The summed E-state index contributed by atoms with van der Waals surface area (Å²) in [5.41, 5.74) is 24.1. The Morgan fingerprint density at radius 1 is 0.511 bits per heavy atom. The summed E-state index contributed by atoms with van der Waals surface area (Å²) in [6.45, 7) is 6.91. The van der Waals surface area contributed by atoms with E-state index in [1.54, 1.807) is 20.1 Å². The Kier molecular flexibility index (Phi) is 34.2. The number of primary amides is 1. The molecule has 32 heteroatoms. The summed E-state index contributed by atoms with van der Waals surface area (Å²) < 4.78 is 0. The summed E-state index contributed by atoms with van der Waals surface area (Å²) >= 11 is 1.30. The molecule has 2 heterocycles. The van der Waals surface area contributed by atoms with Crippen LogP contribution in [0.1, 0.15) is 115 Å². The molecule has 2 aromatic heterocycles. The third kappa shape index (κ3) is 28.1. The van der Waals surface area contributed by atoms with E-state index in [1.165, 1.54) is 61.1 Å². The number of carboxylic acid groups (broad SMARTS) is 1. The molecule has 3 rings (SSSR count). The number of aliphatic hydroxyl groups is 1. The number of H-pyrrole nitrogens is 2. The number of carbonyl (C=O) groups excluding carboxylic acids is 10. The highest BCUT2D eigenvalue weighted by atomic mass is 32.2. The highest BCUT2D eigenvalue weighted by molar-refractivity contribution is 7.98. The number of rotatable bonds is 44. The van der Waals surface area contributed by atoms with E-state index in [9.17, 15) is 68.1 Å². The summed E-state index contributed by atoms with van der Waals surface area (Å²) in [5, 5.41) is 53.3. The molecule has 0 bridgehead atoms. The van der Waals surface area contributed by atoms with Gasteiger partial charge in [-0.1, -0.05) is 46.2 Å². The fourth-order valence-corrected chi connectivity index (χ4v) is 9.71. The first-order valence-electron chi connectivity index (χ1n) is 30.0. The second kappa shape index (κ2) is 40.4. The van der Waals surface area contributed by atoms with E-state index in [4.69, 9.17) is 22.9 Å². The molecule has 22 N–H and O–H groups in total. The fourth-order valence-electron chi connectivity index (χ4n) is 9.24. The van der Waals surface area contributed by atoms with Gasteiger partial charge in [0.05, 0.1) is 25.3 Å². The van der Waals surface area contributed by atoms with Crippen LogP contribution in [-0.4, -0.2) is 192 Å². The van der Waals surface area contributed by atoms with Crippen molar-refractivity contribution in [1.82, 2.24) is 67.8 Å². The van der Waals surface area contributed by atoms with E-state index in [2.05, 4.69) is 67.8 Å². The van der Waals surface area contributed by atoms with Gasteiger partial charge in [0.1, 0.15) is 60.1 Å². The molecule has 0 aliphatic heterocycles. The minimum Gasteiger partial charge on any atom is -0.508 e. The molecule has 500 valence electrons. The topological polar surface area (TPSA) is 518 Å². The first-order valence-corrected chi connectivity index (χ1v) is 31.4. The normalized spacial score (nSPS) is 14.6. The standard InChI is InChI=1S/C58H93N17O14S/c1-32(2)22-42(70-49(79)38(61)10-6-8-19-59)53(83)72-44(24-34-12-14-37(77)15-13-34)54(84)74-45(25-35-27-63-30-65-35)55(85)71-43(23-33(3)4)52(82)67-39(16-17-48(62)78)50(80)68-40(18-21-90-5)51(81)73-46(26-36-28-64-31-66-36)56(86)75-47(29-76)57(87)69-41(58(88)89)11-7-9-20-60/h12-15,27-28,30-33,38-47,76-77H,6-11,16-26,29,59-61H2,1-5H3,(H2,62,78)(H,63,65)(H,64,66)(H,67,82)(H,68,80)(H,69,87)(H,70,79)(H,71,85)(H,72,83)(H,73,81)(H,74,84)(H,75,86)(H,88,89)/t38-,39-,40-,41-,42-,43-,44-,45-,46-,47-/m0/s1. The lowest BCUT2D eigenvalue weighted by Gasteiger charge is -2.29. The van der Waals surface area contributed by atoms with Crippen LogP contribution < -0.4 is 70.8 Å². The first kappa shape index (κ1) is 76.0. The molecule has 3 aromatic rings. The molecule has 0 unspecified atom stereocenters. The van der Waals surface area contributed by atoms with Crippen molar-refractivity contribution in [2.75, 3.05) is 31.7 Å². The number of nitrogens with zero attached hydrogens (tertiary/aromatic N) is 2. The maximum Gasteiger partial charge on any atom is 0.326 e. The zero-order valence-corrected chi connectivity index (χ0v) is 52.5. The maximum atomic E-state index is 14.7. The van der Waals surface area contributed by atoms with Crippen LogP contribution in [0.15, 0.2) is 49.3 Å². The lowest BCUT2D eigenvalue weighted by Crippen LogP contribution is -2.61. The van der Waals surface area contributed by atoms with E-state index in [0.29, 0.717) is 55.6 Å². The number of hydrogen-bond acceptors (Lipinski definition) is 19. The molecule has 31 nitrogen and oxygen atoms in total. The number of imidazole rings is 2. The van der Waals surface area contributed by atoms with Gasteiger partial charge in [0.25, 0.3) is 0 Å². The average molecular weight is 1280 g/mol. The van der Waals surface area contributed by atoms with Crippen molar-refractivity contribution in [3.8, 4) is 5.75 Å². The van der Waals surface area contributed by atoms with Crippen LogP contribution in [0.5, 0.6) is 5.75 Å². The number of aromatic nitrogens is 4. The van der Waals surface area contributed by atoms with Crippen molar-refractivity contribution >= 4 is 76.8 Å². The second-order valence-corrected chi connectivity index (χ2v) is 23.7. The van der Waals surface area contributed by atoms with Crippen molar-refractivity contribution in [3.05, 3.63) is 66.3 Å². The molecule has 0 saturated heterocycles. The number of phenols is 1.